The molecular formula is C24H21BrCl2F6N2O2. The maximum atomic E-state index is 13.8. The fourth-order valence-electron chi connectivity index (χ4n) is 3.30. The van der Waals surface area contributed by atoms with Gasteiger partial charge >= 0.3 is 12.4 Å². The first-order valence-electron chi connectivity index (χ1n) is 10.6. The van der Waals surface area contributed by atoms with Gasteiger partial charge in [-0.05, 0) is 64.7 Å². The number of benzene rings is 2. The molecule has 2 atom stereocenters. The molecule has 0 bridgehead atoms. The summed E-state index contributed by atoms with van der Waals surface area (Å²) in [4.78, 5) is 24.1. The van der Waals surface area contributed by atoms with Crippen LogP contribution in [-0.4, -0.2) is 30.3 Å². The number of hydrogen-bond acceptors (Lipinski definition) is 2. The highest BCUT2D eigenvalue weighted by molar-refractivity contribution is 9.10. The number of halogens is 9. The molecule has 1 unspecified atom stereocenters. The molecule has 2 N–H and O–H groups in total. The van der Waals surface area contributed by atoms with E-state index in [2.05, 4.69) is 26.6 Å². The minimum Gasteiger partial charge on any atom is -0.336 e. The van der Waals surface area contributed by atoms with Gasteiger partial charge in [0.2, 0.25) is 5.91 Å². The predicted molar refractivity (Wildman–Crippen MR) is 134 cm³/mol. The summed E-state index contributed by atoms with van der Waals surface area (Å²) in [6.45, 7) is 2.95. The van der Waals surface area contributed by atoms with Crippen LogP contribution in [0, 0.1) is 6.92 Å². The Kier molecular flexibility index (Phi) is 10.5. The van der Waals surface area contributed by atoms with Gasteiger partial charge in [-0.25, -0.2) is 0 Å². The second-order valence-electron chi connectivity index (χ2n) is 8.13. The van der Waals surface area contributed by atoms with Crippen molar-refractivity contribution in [2.75, 3.05) is 0 Å². The van der Waals surface area contributed by atoms with Gasteiger partial charge < -0.3 is 10.6 Å². The van der Waals surface area contributed by atoms with E-state index in [1.807, 2.05) is 0 Å². The molecule has 4 nitrogen and oxygen atoms in total. The number of allylic oxidation sites excluding steroid dienone is 1. The van der Waals surface area contributed by atoms with Crippen LogP contribution >= 0.6 is 39.1 Å². The molecule has 0 spiro atoms. The maximum Gasteiger partial charge on any atom is 0.399 e. The largest absolute Gasteiger partial charge is 0.399 e. The highest BCUT2D eigenvalue weighted by Gasteiger charge is 2.39. The molecule has 0 radical (unpaired) electrons. The number of aryl methyl sites for hydroxylation is 1. The number of alkyl halides is 6. The molecule has 0 saturated carbocycles. The molecule has 2 rings (SSSR count). The first kappa shape index (κ1) is 31.0. The quantitative estimate of drug-likeness (QED) is 0.176. The van der Waals surface area contributed by atoms with Crippen LogP contribution in [0.1, 0.15) is 52.7 Å². The van der Waals surface area contributed by atoms with E-state index in [9.17, 15) is 35.9 Å². The third kappa shape index (κ3) is 9.54. The Morgan fingerprint density at radius 3 is 2.14 bits per heavy atom. The smallest absolute Gasteiger partial charge is 0.336 e. The zero-order chi connectivity index (χ0) is 28.1. The van der Waals surface area contributed by atoms with Crippen molar-refractivity contribution in [2.24, 2.45) is 0 Å². The van der Waals surface area contributed by atoms with Crippen molar-refractivity contribution in [1.82, 2.24) is 10.6 Å². The van der Waals surface area contributed by atoms with Gasteiger partial charge in [0, 0.05) is 12.0 Å². The van der Waals surface area contributed by atoms with Crippen LogP contribution in [0.2, 0.25) is 10.0 Å². The summed E-state index contributed by atoms with van der Waals surface area (Å²) in [7, 11) is 0. The molecule has 202 valence electrons. The zero-order valence-corrected chi connectivity index (χ0v) is 22.4. The van der Waals surface area contributed by atoms with Crippen LogP contribution in [0.4, 0.5) is 26.3 Å². The molecule has 2 aromatic carbocycles. The number of nitrogens with one attached hydrogen (secondary N) is 2. The number of carbonyl (C=O) groups is 2. The van der Waals surface area contributed by atoms with Crippen molar-refractivity contribution in [3.05, 3.63) is 73.2 Å². The first-order valence-corrected chi connectivity index (χ1v) is 12.2. The Morgan fingerprint density at radius 1 is 1.03 bits per heavy atom. The van der Waals surface area contributed by atoms with E-state index < -0.39 is 49.1 Å². The van der Waals surface area contributed by atoms with Gasteiger partial charge in [0.05, 0.1) is 33.0 Å². The molecule has 0 aliphatic rings. The number of amides is 2. The summed E-state index contributed by atoms with van der Waals surface area (Å²) in [5, 5.41) is 4.75. The van der Waals surface area contributed by atoms with E-state index in [0.29, 0.717) is 11.1 Å². The Bertz CT molecular complexity index is 1160. The average Bonchev–Trinajstić information content (AvgIpc) is 2.74. The van der Waals surface area contributed by atoms with Crippen LogP contribution in [0.3, 0.4) is 0 Å². The van der Waals surface area contributed by atoms with Gasteiger partial charge in [-0.2, -0.15) is 26.3 Å². The second-order valence-corrected chi connectivity index (χ2v) is 9.74. The van der Waals surface area contributed by atoms with E-state index in [1.165, 1.54) is 43.3 Å². The SMILES string of the molecule is Cc1cc(/C=C/C(c2cc(Cl)c(Br)c(Cl)c2)C(F)(F)F)ccc1C(=O)N[C@H](C)NC(=O)CCC(F)(F)F. The van der Waals surface area contributed by atoms with E-state index in [4.69, 9.17) is 23.2 Å². The summed E-state index contributed by atoms with van der Waals surface area (Å²) in [6.07, 6.45) is -9.93. The normalized spacial score (nSPS) is 13.9. The van der Waals surface area contributed by atoms with Crippen molar-refractivity contribution in [3.8, 4) is 0 Å². The fraction of sp³-hybridized carbons (Fsp3) is 0.333. The molecular weight excluding hydrogens is 613 g/mol. The summed E-state index contributed by atoms with van der Waals surface area (Å²) in [5.41, 5.74) is 0.827. The third-order valence-corrected chi connectivity index (χ3v) is 6.96. The summed E-state index contributed by atoms with van der Waals surface area (Å²) >= 11 is 15.0. The Labute approximate surface area is 227 Å². The number of hydrogen-bond donors (Lipinski definition) is 2. The molecule has 0 saturated heterocycles. The van der Waals surface area contributed by atoms with Crippen LogP contribution in [-0.2, 0) is 4.79 Å². The van der Waals surface area contributed by atoms with E-state index >= 15 is 0 Å². The fourth-order valence-corrected chi connectivity index (χ4v) is 4.03. The Hall–Kier alpha value is -2.24. The van der Waals surface area contributed by atoms with Crippen LogP contribution < -0.4 is 10.6 Å². The molecule has 2 aromatic rings. The lowest BCUT2D eigenvalue weighted by atomic mass is 9.96. The molecule has 13 heteroatoms. The first-order chi connectivity index (χ1) is 17.0. The van der Waals surface area contributed by atoms with E-state index in [1.54, 1.807) is 6.92 Å². The van der Waals surface area contributed by atoms with Crippen molar-refractivity contribution in [2.45, 2.75) is 51.1 Å². The van der Waals surface area contributed by atoms with Crippen molar-refractivity contribution in [1.29, 1.82) is 0 Å². The monoisotopic (exact) mass is 632 g/mol. The zero-order valence-electron chi connectivity index (χ0n) is 19.3. The molecule has 0 aliphatic heterocycles. The number of rotatable bonds is 8. The summed E-state index contributed by atoms with van der Waals surface area (Å²) in [5.74, 6) is -3.50. The molecule has 0 fully saturated rings. The summed E-state index contributed by atoms with van der Waals surface area (Å²) < 4.78 is 78.2. The second kappa shape index (κ2) is 12.5. The van der Waals surface area contributed by atoms with Gasteiger partial charge in [0.1, 0.15) is 0 Å². The van der Waals surface area contributed by atoms with Crippen molar-refractivity contribution < 1.29 is 35.9 Å². The number of carbonyl (C=O) groups excluding carboxylic acids is 2. The van der Waals surface area contributed by atoms with Gasteiger partial charge in [-0.3, -0.25) is 9.59 Å². The molecule has 2 amide bonds. The average molecular weight is 634 g/mol. The van der Waals surface area contributed by atoms with E-state index in [-0.39, 0.29) is 25.6 Å². The van der Waals surface area contributed by atoms with Gasteiger partial charge in [0.15, 0.2) is 0 Å². The highest BCUT2D eigenvalue weighted by Crippen LogP contribution is 2.41. The molecule has 0 aromatic heterocycles. The van der Waals surface area contributed by atoms with Crippen molar-refractivity contribution >= 4 is 57.0 Å². The minimum atomic E-state index is -4.63. The lowest BCUT2D eigenvalue weighted by molar-refractivity contribution is -0.144. The van der Waals surface area contributed by atoms with Gasteiger partial charge in [0.25, 0.3) is 5.91 Å². The predicted octanol–water partition coefficient (Wildman–Crippen LogP) is 7.96. The van der Waals surface area contributed by atoms with E-state index in [0.717, 1.165) is 6.08 Å². The third-order valence-electron chi connectivity index (χ3n) is 5.05. The van der Waals surface area contributed by atoms with Crippen LogP contribution in [0.25, 0.3) is 6.08 Å². The molecule has 37 heavy (non-hydrogen) atoms. The summed E-state index contributed by atoms with van der Waals surface area (Å²) in [6, 6.07) is 6.65. The lowest BCUT2D eigenvalue weighted by Gasteiger charge is -2.19. The molecule has 0 aliphatic carbocycles. The van der Waals surface area contributed by atoms with Gasteiger partial charge in [-0.1, -0.05) is 47.5 Å². The van der Waals surface area contributed by atoms with Crippen LogP contribution in [0.15, 0.2) is 40.9 Å². The standard InChI is InChI=1S/C24H21BrCl2F6N2O2/c1-12-9-14(4-6-17(24(31,32)33)15-10-18(26)21(25)19(27)11-15)3-5-16(12)22(37)35-13(2)34-20(36)7-8-23(28,29)30/h3-6,9-11,13,17H,7-8H2,1-2H3,(H,34,36)(H,35,37)/b6-4+/t13-,17?/m1/s1. The Balaban J connectivity index is 2.13. The molecule has 0 heterocycles. The topological polar surface area (TPSA) is 58.2 Å². The highest BCUT2D eigenvalue weighted by atomic mass is 79.9. The lowest BCUT2D eigenvalue weighted by Crippen LogP contribution is -2.46. The van der Waals surface area contributed by atoms with Gasteiger partial charge in [-0.15, -0.1) is 0 Å². The minimum absolute atomic E-state index is 0.0297. The van der Waals surface area contributed by atoms with Crippen LogP contribution in [0.5, 0.6) is 0 Å². The Morgan fingerprint density at radius 2 is 1.62 bits per heavy atom. The maximum absolute atomic E-state index is 13.8. The van der Waals surface area contributed by atoms with Crippen molar-refractivity contribution in [3.63, 3.8) is 0 Å².